The number of hydrogen-bond donors (Lipinski definition) is 0. The molecule has 4 rings (SSSR count). The summed E-state index contributed by atoms with van der Waals surface area (Å²) in [5, 5.41) is 0. The van der Waals surface area contributed by atoms with Crippen LogP contribution in [0.3, 0.4) is 0 Å². The Morgan fingerprint density at radius 2 is 1.48 bits per heavy atom. The van der Waals surface area contributed by atoms with E-state index in [-0.39, 0.29) is 17.3 Å². The molecule has 2 saturated heterocycles. The van der Waals surface area contributed by atoms with Gasteiger partial charge in [-0.15, -0.1) is 0 Å². The fourth-order valence-electron chi connectivity index (χ4n) is 4.80. The smallest absolute Gasteiger partial charge is 0.258 e. The van der Waals surface area contributed by atoms with E-state index in [2.05, 4.69) is 11.8 Å². The second-order valence-corrected chi connectivity index (χ2v) is 9.69. The van der Waals surface area contributed by atoms with Gasteiger partial charge in [-0.25, -0.2) is 8.78 Å². The number of nitrogens with zero attached hydrogens (tertiary/aromatic N) is 4. The van der Waals surface area contributed by atoms with Crippen molar-refractivity contribution in [2.45, 2.75) is 32.2 Å². The van der Waals surface area contributed by atoms with Crippen molar-refractivity contribution < 1.29 is 13.6 Å². The summed E-state index contributed by atoms with van der Waals surface area (Å²) in [4.78, 5) is 20.6. The lowest BCUT2D eigenvalue weighted by Gasteiger charge is -2.32. The third-order valence-electron chi connectivity index (χ3n) is 7.18. The fourth-order valence-corrected chi connectivity index (χ4v) is 4.80. The summed E-state index contributed by atoms with van der Waals surface area (Å²) in [6.07, 6.45) is 3.07. The molecule has 2 aromatic carbocycles. The van der Waals surface area contributed by atoms with Gasteiger partial charge in [0.2, 0.25) is 0 Å². The topological polar surface area (TPSA) is 30.0 Å². The molecule has 0 bridgehead atoms. The molecule has 0 radical (unpaired) electrons. The maximum atomic E-state index is 14.9. The van der Waals surface area contributed by atoms with Crippen molar-refractivity contribution in [3.8, 4) is 0 Å². The molecule has 0 saturated carbocycles. The zero-order chi connectivity index (χ0) is 23.7. The Morgan fingerprint density at radius 1 is 0.879 bits per heavy atom. The summed E-state index contributed by atoms with van der Waals surface area (Å²) in [7, 11) is 5.67. The molecule has 1 unspecified atom stereocenters. The van der Waals surface area contributed by atoms with Crippen LogP contribution in [0, 0.1) is 17.6 Å². The Kier molecular flexibility index (Phi) is 6.88. The molecule has 0 aliphatic carbocycles. The van der Waals surface area contributed by atoms with Crippen molar-refractivity contribution in [3.05, 3.63) is 53.6 Å². The first-order valence-electron chi connectivity index (χ1n) is 11.8. The molecule has 2 aromatic rings. The number of piperidine rings is 1. The van der Waals surface area contributed by atoms with Gasteiger partial charge in [0.1, 0.15) is 11.6 Å². The number of carbonyl (C=O) groups is 1. The van der Waals surface area contributed by atoms with Gasteiger partial charge in [-0.2, -0.15) is 0 Å². The Balaban J connectivity index is 1.47. The second-order valence-electron chi connectivity index (χ2n) is 9.69. The molecular formula is C26H34F2N4O. The van der Waals surface area contributed by atoms with Crippen LogP contribution in [0.4, 0.5) is 25.8 Å². The molecule has 0 N–H and O–H groups in total. The summed E-state index contributed by atoms with van der Waals surface area (Å²) in [5.41, 5.74) is 1.79. The predicted molar refractivity (Wildman–Crippen MR) is 130 cm³/mol. The van der Waals surface area contributed by atoms with Crippen molar-refractivity contribution in [1.29, 1.82) is 0 Å². The van der Waals surface area contributed by atoms with Crippen LogP contribution in [-0.2, 0) is 0 Å². The predicted octanol–water partition coefficient (Wildman–Crippen LogP) is 4.62. The van der Waals surface area contributed by atoms with E-state index in [1.165, 1.54) is 17.0 Å². The number of likely N-dealkylation sites (N-methyl/N-ethyl adjacent to an activating group) is 1. The van der Waals surface area contributed by atoms with Crippen molar-refractivity contribution in [3.63, 3.8) is 0 Å². The van der Waals surface area contributed by atoms with Gasteiger partial charge in [-0.05, 0) is 75.7 Å². The molecule has 2 aliphatic heterocycles. The standard InChI is InChI=1S/C26H34F2N4O/c1-18-9-12-31(13-10-18)24-7-5-19(15-22(24)27)26(33)30(4)20-6-8-25(23(28)16-20)32-14-11-21(17-32)29(2)3/h5-8,15-16,18,21H,9-14,17H2,1-4H3. The minimum Gasteiger partial charge on any atom is -0.369 e. The molecule has 0 aromatic heterocycles. The van der Waals surface area contributed by atoms with Gasteiger partial charge < -0.3 is 19.6 Å². The number of amides is 1. The van der Waals surface area contributed by atoms with Crippen molar-refractivity contribution in [1.82, 2.24) is 4.90 Å². The summed E-state index contributed by atoms with van der Waals surface area (Å²) < 4.78 is 29.8. The van der Waals surface area contributed by atoms with Gasteiger partial charge in [0.05, 0.1) is 11.4 Å². The van der Waals surface area contributed by atoms with Gasteiger partial charge in [0, 0.05) is 50.5 Å². The van der Waals surface area contributed by atoms with E-state index in [1.54, 1.807) is 31.3 Å². The lowest BCUT2D eigenvalue weighted by Crippen LogP contribution is -2.33. The van der Waals surface area contributed by atoms with Crippen molar-refractivity contribution in [2.75, 3.05) is 62.0 Å². The first-order valence-corrected chi connectivity index (χ1v) is 11.8. The molecule has 1 amide bonds. The molecule has 7 heteroatoms. The molecule has 2 aliphatic rings. The number of halogens is 2. The highest BCUT2D eigenvalue weighted by Gasteiger charge is 2.26. The highest BCUT2D eigenvalue weighted by molar-refractivity contribution is 6.06. The van der Waals surface area contributed by atoms with E-state index in [0.717, 1.165) is 45.4 Å². The van der Waals surface area contributed by atoms with Crippen molar-refractivity contribution in [2.24, 2.45) is 5.92 Å². The van der Waals surface area contributed by atoms with E-state index in [1.807, 2.05) is 23.9 Å². The molecule has 2 fully saturated rings. The van der Waals surface area contributed by atoms with Crippen LogP contribution in [0.25, 0.3) is 0 Å². The van der Waals surface area contributed by atoms with E-state index >= 15 is 0 Å². The number of anilines is 3. The van der Waals surface area contributed by atoms with Gasteiger partial charge in [0.15, 0.2) is 0 Å². The summed E-state index contributed by atoms with van der Waals surface area (Å²) in [5.74, 6) is -0.457. The number of hydrogen-bond acceptors (Lipinski definition) is 4. The second kappa shape index (κ2) is 9.67. The first-order chi connectivity index (χ1) is 15.7. The van der Waals surface area contributed by atoms with E-state index in [0.29, 0.717) is 29.0 Å². The average Bonchev–Trinajstić information content (AvgIpc) is 3.29. The first kappa shape index (κ1) is 23.5. The quantitative estimate of drug-likeness (QED) is 0.657. The average molecular weight is 457 g/mol. The number of rotatable bonds is 5. The maximum absolute atomic E-state index is 14.9. The van der Waals surface area contributed by atoms with Crippen LogP contribution < -0.4 is 14.7 Å². The Morgan fingerprint density at radius 3 is 2.09 bits per heavy atom. The monoisotopic (exact) mass is 456 g/mol. The molecule has 178 valence electrons. The molecule has 5 nitrogen and oxygen atoms in total. The van der Waals surface area contributed by atoms with E-state index in [9.17, 15) is 13.6 Å². The maximum Gasteiger partial charge on any atom is 0.258 e. The fraction of sp³-hybridized carbons (Fsp3) is 0.500. The van der Waals surface area contributed by atoms with Crippen LogP contribution in [0.1, 0.15) is 36.5 Å². The normalized spacial score (nSPS) is 19.4. The van der Waals surface area contributed by atoms with Crippen molar-refractivity contribution >= 4 is 23.0 Å². The molecule has 33 heavy (non-hydrogen) atoms. The zero-order valence-corrected chi connectivity index (χ0v) is 20.0. The molecular weight excluding hydrogens is 422 g/mol. The highest BCUT2D eigenvalue weighted by atomic mass is 19.1. The summed E-state index contributed by atoms with van der Waals surface area (Å²) in [6.45, 7) is 5.44. The minimum atomic E-state index is -0.394. The van der Waals surface area contributed by atoms with Crippen LogP contribution in [0.15, 0.2) is 36.4 Å². The lowest BCUT2D eigenvalue weighted by molar-refractivity contribution is 0.0992. The zero-order valence-electron chi connectivity index (χ0n) is 20.0. The molecule has 1 atom stereocenters. The van der Waals surface area contributed by atoms with E-state index in [4.69, 9.17) is 0 Å². The molecule has 2 heterocycles. The third kappa shape index (κ3) is 4.98. The Hall–Kier alpha value is -2.67. The lowest BCUT2D eigenvalue weighted by atomic mass is 9.98. The third-order valence-corrected chi connectivity index (χ3v) is 7.18. The van der Waals surface area contributed by atoms with Gasteiger partial charge in [-0.1, -0.05) is 6.92 Å². The van der Waals surface area contributed by atoms with Crippen LogP contribution in [-0.4, -0.2) is 64.2 Å². The summed E-state index contributed by atoms with van der Waals surface area (Å²) in [6, 6.07) is 9.90. The van der Waals surface area contributed by atoms with Gasteiger partial charge >= 0.3 is 0 Å². The SMILES string of the molecule is CC1CCN(c2ccc(C(=O)N(C)c3ccc(N4CCC(N(C)C)C4)c(F)c3)cc2F)CC1. The van der Waals surface area contributed by atoms with Crippen LogP contribution in [0.2, 0.25) is 0 Å². The molecule has 0 spiro atoms. The Labute approximate surface area is 195 Å². The highest BCUT2D eigenvalue weighted by Crippen LogP contribution is 2.30. The Bertz CT molecular complexity index is 1000. The van der Waals surface area contributed by atoms with Crippen LogP contribution >= 0.6 is 0 Å². The van der Waals surface area contributed by atoms with Crippen LogP contribution in [0.5, 0.6) is 0 Å². The summed E-state index contributed by atoms with van der Waals surface area (Å²) >= 11 is 0. The minimum absolute atomic E-state index is 0.252. The van der Waals surface area contributed by atoms with Gasteiger partial charge in [0.25, 0.3) is 5.91 Å². The largest absolute Gasteiger partial charge is 0.369 e. The van der Waals surface area contributed by atoms with Gasteiger partial charge in [-0.3, -0.25) is 4.79 Å². The number of carbonyl (C=O) groups excluding carboxylic acids is 1. The van der Waals surface area contributed by atoms with E-state index < -0.39 is 5.82 Å². The number of benzene rings is 2.